The first-order chi connectivity index (χ1) is 26.8. The topological polar surface area (TPSA) is 9.23 Å². The first kappa shape index (κ1) is 49.7. The fourth-order valence-electron chi connectivity index (χ4n) is 9.42. The Hall–Kier alpha value is -2.00. The van der Waals surface area contributed by atoms with Gasteiger partial charge in [0.15, 0.2) is 0 Å². The van der Waals surface area contributed by atoms with Gasteiger partial charge in [0.05, 0.1) is 0 Å². The van der Waals surface area contributed by atoms with Crippen LogP contribution in [0.2, 0.25) is 13.1 Å². The number of ether oxygens (including phenoxy) is 1. The molecule has 0 aliphatic heterocycles. The smallest absolute Gasteiger partial charge is 1.00 e. The third-order valence-corrected chi connectivity index (χ3v) is 32.1. The molecule has 0 heterocycles. The molecule has 2 atom stereocenters. The first-order valence-electron chi connectivity index (χ1n) is 22.0. The number of halogens is 2. The average molecular weight is 927 g/mol. The monoisotopic (exact) mass is 924 g/mol. The van der Waals surface area contributed by atoms with Crippen molar-refractivity contribution in [2.45, 2.75) is 152 Å². The molecular formula is C54H72Cl2OSiZr. The molecule has 5 heteroatoms. The minimum atomic E-state index is -2.35. The maximum Gasteiger partial charge on any atom is -1.00 e. The summed E-state index contributed by atoms with van der Waals surface area (Å²) in [7, 11) is 0. The van der Waals surface area contributed by atoms with E-state index in [9.17, 15) is 0 Å². The van der Waals surface area contributed by atoms with Crippen LogP contribution < -0.4 is 24.8 Å². The summed E-state index contributed by atoms with van der Waals surface area (Å²) in [5, 5.41) is 0. The minimum Gasteiger partial charge on any atom is -1.00 e. The number of rotatable bonds is 12. The molecule has 4 aromatic rings. The second kappa shape index (κ2) is 20.0. The molecule has 0 saturated heterocycles. The summed E-state index contributed by atoms with van der Waals surface area (Å²) < 4.78 is 7.28. The van der Waals surface area contributed by atoms with Gasteiger partial charge in [0.2, 0.25) is 0 Å². The van der Waals surface area contributed by atoms with E-state index in [1.165, 1.54) is 64.6 Å². The number of unbranched alkanes of at least 4 members (excludes halogenated alkanes) is 3. The van der Waals surface area contributed by atoms with E-state index in [4.69, 9.17) is 4.74 Å². The van der Waals surface area contributed by atoms with Crippen molar-refractivity contribution in [1.29, 1.82) is 0 Å². The van der Waals surface area contributed by atoms with Crippen molar-refractivity contribution in [2.75, 3.05) is 6.61 Å². The van der Waals surface area contributed by atoms with Crippen LogP contribution in [-0.4, -0.2) is 17.6 Å². The summed E-state index contributed by atoms with van der Waals surface area (Å²) in [6.45, 7) is 34.1. The summed E-state index contributed by atoms with van der Waals surface area (Å²) in [6.07, 6.45) is 8.70. The van der Waals surface area contributed by atoms with Gasteiger partial charge in [0, 0.05) is 0 Å². The normalized spacial score (nSPS) is 16.2. The Morgan fingerprint density at radius 3 is 1.64 bits per heavy atom. The van der Waals surface area contributed by atoms with Crippen molar-refractivity contribution >= 4 is 17.1 Å². The number of allylic oxidation sites excluding steroid dienone is 3. The van der Waals surface area contributed by atoms with Gasteiger partial charge in [0.25, 0.3) is 0 Å². The van der Waals surface area contributed by atoms with Crippen LogP contribution in [0.4, 0.5) is 0 Å². The molecule has 2 aliphatic rings. The van der Waals surface area contributed by atoms with Gasteiger partial charge in [-0.3, -0.25) is 0 Å². The molecule has 0 bridgehead atoms. The van der Waals surface area contributed by atoms with Crippen LogP contribution >= 0.6 is 0 Å². The van der Waals surface area contributed by atoms with Crippen LogP contribution in [0, 0.1) is 5.92 Å². The molecular weight excluding hydrogens is 855 g/mol. The third-order valence-electron chi connectivity index (χ3n) is 12.6. The van der Waals surface area contributed by atoms with Crippen LogP contribution in [0.25, 0.3) is 33.9 Å². The molecule has 59 heavy (non-hydrogen) atoms. The van der Waals surface area contributed by atoms with E-state index in [1.54, 1.807) is 33.4 Å². The average Bonchev–Trinajstić information content (AvgIpc) is 3.66. The van der Waals surface area contributed by atoms with Crippen LogP contribution in [0.15, 0.2) is 96.1 Å². The van der Waals surface area contributed by atoms with Crippen molar-refractivity contribution in [3.8, 4) is 22.3 Å². The Morgan fingerprint density at radius 2 is 1.14 bits per heavy atom. The first-order valence-corrected chi connectivity index (χ1v) is 31.0. The van der Waals surface area contributed by atoms with E-state index in [2.05, 4.69) is 187 Å². The second-order valence-electron chi connectivity index (χ2n) is 20.6. The standard InChI is InChI=1S/C30H41O.C22H25.C2H6Si.2ClH.Zr/c1-22-21-24-13-12-15-27(23-16-18-25(19-17-23)29(2,3)4)28(24)26(22)14-10-8-9-11-20-31-30(5,6)7;1-15(2)18-13-17-7-6-8-20(21(17)14-18)16-9-11-19(12-10-16)22(3,4)5;1-3-2;;;/h12-13,15-19,21H,8-11,14,20H2,1-7H3;6-15H,1-5H3;1-2H3;2*1H;/q;;;;;+2/p-2. The molecule has 2 aliphatic carbocycles. The van der Waals surface area contributed by atoms with Crippen LogP contribution in [-0.2, 0) is 35.9 Å². The summed E-state index contributed by atoms with van der Waals surface area (Å²) in [6, 6.07) is 33.7. The van der Waals surface area contributed by atoms with Gasteiger partial charge in [-0.1, -0.05) is 0 Å². The van der Waals surface area contributed by atoms with E-state index in [0.717, 1.165) is 13.0 Å². The zero-order valence-electron chi connectivity index (χ0n) is 38.8. The number of hydrogen-bond acceptors (Lipinski definition) is 1. The van der Waals surface area contributed by atoms with Crippen molar-refractivity contribution in [3.63, 3.8) is 0 Å². The van der Waals surface area contributed by atoms with Crippen molar-refractivity contribution in [2.24, 2.45) is 5.92 Å². The quantitative estimate of drug-likeness (QED) is 0.102. The summed E-state index contributed by atoms with van der Waals surface area (Å²) in [5.41, 5.74) is 19.5. The van der Waals surface area contributed by atoms with Gasteiger partial charge < -0.3 is 24.8 Å². The number of benzene rings is 4. The van der Waals surface area contributed by atoms with E-state index < -0.39 is 25.8 Å². The molecule has 0 amide bonds. The van der Waals surface area contributed by atoms with Crippen LogP contribution in [0.5, 0.6) is 0 Å². The SMILES string of the molecule is CC1=C(CCCCCCOC(C)(C)C)c2c(-c3ccc(C(C)(C)C)cc3)cccc2[CH]1[Zr+2]([CH]1C(C(C)C)=Cc2c(-c3ccc(C(C)(C)C)cc3)cccc21)=[Si](C)C.[Cl-].[Cl-]. The van der Waals surface area contributed by atoms with Crippen molar-refractivity contribution < 1.29 is 49.9 Å². The molecule has 6 rings (SSSR count). The molecule has 4 aromatic carbocycles. The molecule has 2 unspecified atom stereocenters. The summed E-state index contributed by atoms with van der Waals surface area (Å²) in [4.78, 5) is 0. The van der Waals surface area contributed by atoms with Gasteiger partial charge >= 0.3 is 358 Å². The summed E-state index contributed by atoms with van der Waals surface area (Å²) >= 11 is -2.35. The Balaban J connectivity index is 0.00000384. The van der Waals surface area contributed by atoms with Crippen LogP contribution in [0.1, 0.15) is 156 Å². The Kier molecular flexibility index (Phi) is 16.8. The summed E-state index contributed by atoms with van der Waals surface area (Å²) in [5.74, 6) is 0.523. The molecule has 0 radical (unpaired) electrons. The molecule has 0 fully saturated rings. The van der Waals surface area contributed by atoms with E-state index >= 15 is 0 Å². The predicted molar refractivity (Wildman–Crippen MR) is 248 cm³/mol. The van der Waals surface area contributed by atoms with Gasteiger partial charge in [0.1, 0.15) is 0 Å². The van der Waals surface area contributed by atoms with E-state index in [-0.39, 0.29) is 41.2 Å². The molecule has 1 nitrogen and oxygen atoms in total. The molecule has 0 aromatic heterocycles. The Bertz CT molecular complexity index is 2170. The van der Waals surface area contributed by atoms with Gasteiger partial charge in [-0.05, 0) is 0 Å². The second-order valence-corrected chi connectivity index (χ2v) is 38.5. The van der Waals surface area contributed by atoms with Gasteiger partial charge in [-0.2, -0.15) is 0 Å². The minimum absolute atomic E-state index is 0. The number of hydrogen-bond donors (Lipinski definition) is 0. The molecule has 0 spiro atoms. The molecule has 0 saturated carbocycles. The molecule has 316 valence electrons. The van der Waals surface area contributed by atoms with Crippen LogP contribution in [0.3, 0.4) is 0 Å². The fourth-order valence-corrected chi connectivity index (χ4v) is 30.4. The fraction of sp³-hybridized carbons (Fsp3) is 0.481. The third kappa shape index (κ3) is 11.2. The van der Waals surface area contributed by atoms with Crippen molar-refractivity contribution in [3.05, 3.63) is 129 Å². The van der Waals surface area contributed by atoms with Crippen molar-refractivity contribution in [1.82, 2.24) is 0 Å². The zero-order valence-corrected chi connectivity index (χ0v) is 43.8. The maximum absolute atomic E-state index is 6.07. The Labute approximate surface area is 380 Å². The van der Waals surface area contributed by atoms with Gasteiger partial charge in [-0.25, -0.2) is 0 Å². The largest absolute Gasteiger partial charge is 1.00 e. The maximum atomic E-state index is 6.07. The Morgan fingerprint density at radius 1 is 0.627 bits per heavy atom. The molecule has 0 N–H and O–H groups in total. The number of fused-ring (bicyclic) bond motifs is 2. The predicted octanol–water partition coefficient (Wildman–Crippen LogP) is 9.88. The van der Waals surface area contributed by atoms with E-state index in [1.807, 2.05) is 0 Å². The zero-order chi connectivity index (χ0) is 41.4. The van der Waals surface area contributed by atoms with E-state index in [0.29, 0.717) is 13.2 Å². The van der Waals surface area contributed by atoms with Gasteiger partial charge in [-0.15, -0.1) is 0 Å².